The van der Waals surface area contributed by atoms with E-state index < -0.39 is 70.9 Å². The normalized spacial score (nSPS) is 24.2. The van der Waals surface area contributed by atoms with Crippen LogP contribution < -0.4 is 0 Å². The first kappa shape index (κ1) is 35.3. The zero-order chi connectivity index (χ0) is 36.5. The van der Waals surface area contributed by atoms with E-state index in [9.17, 15) is 39.0 Å². The molecule has 0 aromatic carbocycles. The van der Waals surface area contributed by atoms with Gasteiger partial charge >= 0.3 is 35.8 Å². The fraction of sp³-hybridized carbons (Fsp3) is 0.353. The molecule has 50 heavy (non-hydrogen) atoms. The SMILES string of the molecule is CC1(C)OC(=O)C(=CC=CC=CC2=C(O)OC3(CCC4(CC3)OC(=O)C(C=CC=CC=C3C(=O)OC(C)(C)OC3=O)=C(O)O4)OC2=O)C(=O)O1. The zero-order valence-electron chi connectivity index (χ0n) is 27.2. The van der Waals surface area contributed by atoms with E-state index in [4.69, 9.17) is 37.9 Å². The van der Waals surface area contributed by atoms with Crippen LogP contribution in [0, 0.1) is 0 Å². The molecular formula is C34H32O16. The summed E-state index contributed by atoms with van der Waals surface area (Å²) in [7, 11) is 0. The number of cyclic esters (lactones) is 4. The Labute approximate surface area is 284 Å². The highest BCUT2D eigenvalue weighted by Crippen LogP contribution is 2.46. The minimum absolute atomic E-state index is 0.0819. The summed E-state index contributed by atoms with van der Waals surface area (Å²) in [5, 5.41) is 21.0. The molecule has 4 aliphatic heterocycles. The fourth-order valence-corrected chi connectivity index (χ4v) is 5.15. The molecule has 0 aromatic heterocycles. The summed E-state index contributed by atoms with van der Waals surface area (Å²) in [5.41, 5.74) is -1.28. The van der Waals surface area contributed by atoms with Gasteiger partial charge in [-0.15, -0.1) is 0 Å². The minimum Gasteiger partial charge on any atom is -0.480 e. The number of allylic oxidation sites excluding steroid dienone is 8. The molecule has 1 aliphatic carbocycles. The summed E-state index contributed by atoms with van der Waals surface area (Å²) < 4.78 is 42.2. The maximum atomic E-state index is 12.8. The number of carbonyl (C=O) groups is 6. The molecule has 0 amide bonds. The van der Waals surface area contributed by atoms with Crippen LogP contribution in [0.2, 0.25) is 0 Å². The topological polar surface area (TPSA) is 217 Å². The molecule has 0 unspecified atom stereocenters. The Morgan fingerprint density at radius 3 is 1.06 bits per heavy atom. The van der Waals surface area contributed by atoms with Gasteiger partial charge in [0, 0.05) is 53.4 Å². The Morgan fingerprint density at radius 1 is 0.440 bits per heavy atom. The number of carbonyl (C=O) groups excluding carboxylic acids is 6. The molecule has 5 aliphatic rings. The summed E-state index contributed by atoms with van der Waals surface area (Å²) in [6.45, 7) is 5.67. The van der Waals surface area contributed by atoms with E-state index in [2.05, 4.69) is 0 Å². The van der Waals surface area contributed by atoms with Crippen LogP contribution in [0.3, 0.4) is 0 Å². The molecule has 264 valence electrons. The Hall–Kier alpha value is -6.06. The van der Waals surface area contributed by atoms with Crippen molar-refractivity contribution in [1.82, 2.24) is 0 Å². The highest BCUT2D eigenvalue weighted by molar-refractivity contribution is 6.16. The number of esters is 6. The third-order valence-electron chi connectivity index (χ3n) is 7.53. The van der Waals surface area contributed by atoms with E-state index in [1.54, 1.807) is 0 Å². The first-order chi connectivity index (χ1) is 23.4. The maximum absolute atomic E-state index is 12.8. The van der Waals surface area contributed by atoms with Gasteiger partial charge < -0.3 is 48.1 Å². The van der Waals surface area contributed by atoms with Crippen molar-refractivity contribution >= 4 is 35.8 Å². The van der Waals surface area contributed by atoms with E-state index in [1.807, 2.05) is 0 Å². The Balaban J connectivity index is 1.17. The van der Waals surface area contributed by atoms with Crippen LogP contribution in [0.1, 0.15) is 53.4 Å². The lowest BCUT2D eigenvalue weighted by Crippen LogP contribution is -2.53. The first-order valence-corrected chi connectivity index (χ1v) is 15.2. The van der Waals surface area contributed by atoms with Crippen molar-refractivity contribution in [2.45, 2.75) is 76.5 Å². The minimum atomic E-state index is -1.60. The fourth-order valence-electron chi connectivity index (χ4n) is 5.15. The summed E-state index contributed by atoms with van der Waals surface area (Å²) >= 11 is 0. The molecule has 2 spiro atoms. The van der Waals surface area contributed by atoms with Crippen LogP contribution in [-0.4, -0.2) is 69.2 Å². The van der Waals surface area contributed by atoms with Gasteiger partial charge in [-0.25, -0.2) is 28.8 Å². The van der Waals surface area contributed by atoms with Crippen molar-refractivity contribution in [2.75, 3.05) is 0 Å². The molecule has 0 aromatic rings. The van der Waals surface area contributed by atoms with Crippen molar-refractivity contribution in [3.8, 4) is 0 Å². The van der Waals surface area contributed by atoms with Gasteiger partial charge in [0.05, 0.1) is 0 Å². The van der Waals surface area contributed by atoms with Crippen molar-refractivity contribution < 1.29 is 76.9 Å². The third-order valence-corrected chi connectivity index (χ3v) is 7.53. The summed E-state index contributed by atoms with van der Waals surface area (Å²) in [4.78, 5) is 73.6. The summed E-state index contributed by atoms with van der Waals surface area (Å²) in [6.07, 6.45) is 12.4. The number of aliphatic hydroxyl groups is 2. The largest absolute Gasteiger partial charge is 0.480 e. The molecule has 0 atom stereocenters. The van der Waals surface area contributed by atoms with Gasteiger partial charge in [-0.2, -0.15) is 0 Å². The summed E-state index contributed by atoms with van der Waals surface area (Å²) in [6, 6.07) is 0. The lowest BCUT2D eigenvalue weighted by molar-refractivity contribution is -0.302. The quantitative estimate of drug-likeness (QED) is 0.134. The predicted molar refractivity (Wildman–Crippen MR) is 163 cm³/mol. The van der Waals surface area contributed by atoms with E-state index >= 15 is 0 Å². The standard InChI is InChI=1S/C34H32O16/c1-31(2)43-23(35)19(24(36)44-31)11-7-5-9-13-21-27(39)47-33(48-28(21)40)15-17-34(18-16-33)49-29(41)22(30(42)50-34)14-10-6-8-12-20-25(37)45-32(3,4)46-26(20)38/h5-14,39,41H,15-18H2,1-4H3. The highest BCUT2D eigenvalue weighted by atomic mass is 16.8. The molecule has 2 N–H and O–H groups in total. The Bertz CT molecular complexity index is 1610. The lowest BCUT2D eigenvalue weighted by atomic mass is 9.87. The van der Waals surface area contributed by atoms with Crippen LogP contribution in [0.4, 0.5) is 0 Å². The number of aliphatic hydroxyl groups excluding tert-OH is 2. The van der Waals surface area contributed by atoms with Gasteiger partial charge in [-0.3, -0.25) is 0 Å². The lowest BCUT2D eigenvalue weighted by Gasteiger charge is -2.46. The van der Waals surface area contributed by atoms with Crippen LogP contribution in [0.5, 0.6) is 0 Å². The maximum Gasteiger partial charge on any atom is 0.348 e. The average Bonchev–Trinajstić information content (AvgIpc) is 2.98. The number of ether oxygens (including phenoxy) is 8. The number of hydrogen-bond donors (Lipinski definition) is 2. The average molecular weight is 697 g/mol. The van der Waals surface area contributed by atoms with Gasteiger partial charge in [0.1, 0.15) is 22.3 Å². The van der Waals surface area contributed by atoms with Gasteiger partial charge in [0.25, 0.3) is 35.0 Å². The van der Waals surface area contributed by atoms with E-state index in [1.165, 1.54) is 88.5 Å². The molecule has 0 bridgehead atoms. The molecule has 2 saturated heterocycles. The van der Waals surface area contributed by atoms with Crippen molar-refractivity contribution in [3.05, 3.63) is 94.9 Å². The van der Waals surface area contributed by atoms with Crippen LogP contribution in [-0.2, 0) is 66.7 Å². The summed E-state index contributed by atoms with van der Waals surface area (Å²) in [5.74, 6) is -12.6. The molecule has 5 rings (SSSR count). The van der Waals surface area contributed by atoms with Crippen molar-refractivity contribution in [2.24, 2.45) is 0 Å². The second-order valence-electron chi connectivity index (χ2n) is 12.2. The van der Waals surface area contributed by atoms with Gasteiger partial charge in [0.2, 0.25) is 0 Å². The molecule has 16 nitrogen and oxygen atoms in total. The van der Waals surface area contributed by atoms with Gasteiger partial charge in [0.15, 0.2) is 0 Å². The number of hydrogen-bond acceptors (Lipinski definition) is 16. The van der Waals surface area contributed by atoms with Gasteiger partial charge in [-0.05, 0) is 24.3 Å². The first-order valence-electron chi connectivity index (χ1n) is 15.2. The molecule has 3 fully saturated rings. The van der Waals surface area contributed by atoms with E-state index in [0.717, 1.165) is 0 Å². The van der Waals surface area contributed by atoms with E-state index in [0.29, 0.717) is 0 Å². The van der Waals surface area contributed by atoms with Crippen molar-refractivity contribution in [1.29, 1.82) is 0 Å². The second-order valence-corrected chi connectivity index (χ2v) is 12.2. The van der Waals surface area contributed by atoms with Crippen LogP contribution in [0.25, 0.3) is 0 Å². The number of rotatable bonds is 6. The third kappa shape index (κ3) is 7.64. The molecule has 1 saturated carbocycles. The highest BCUT2D eigenvalue weighted by Gasteiger charge is 2.55. The molecule has 4 heterocycles. The Kier molecular flexibility index (Phi) is 9.23. The van der Waals surface area contributed by atoms with Gasteiger partial charge in [-0.1, -0.05) is 36.5 Å². The zero-order valence-corrected chi connectivity index (χ0v) is 27.2. The van der Waals surface area contributed by atoms with Crippen LogP contribution in [0.15, 0.2) is 94.9 Å². The molecule has 0 radical (unpaired) electrons. The monoisotopic (exact) mass is 696 g/mol. The smallest absolute Gasteiger partial charge is 0.348 e. The predicted octanol–water partition coefficient (Wildman–Crippen LogP) is 3.39. The van der Waals surface area contributed by atoms with E-state index in [-0.39, 0.29) is 48.0 Å². The van der Waals surface area contributed by atoms with Crippen molar-refractivity contribution in [3.63, 3.8) is 0 Å². The molecule has 16 heteroatoms. The second kappa shape index (κ2) is 13.1. The molecular weight excluding hydrogens is 664 g/mol. The Morgan fingerprint density at radius 2 is 0.760 bits per heavy atom. The van der Waals surface area contributed by atoms with Crippen LogP contribution >= 0.6 is 0 Å².